The fourth-order valence-electron chi connectivity index (χ4n) is 3.08. The van der Waals surface area contributed by atoms with Crippen LogP contribution < -0.4 is 11.1 Å². The number of rotatable bonds is 1. The lowest BCUT2D eigenvalue weighted by Crippen LogP contribution is -2.24. The van der Waals surface area contributed by atoms with E-state index in [0.29, 0.717) is 5.92 Å². The van der Waals surface area contributed by atoms with Crippen molar-refractivity contribution in [3.05, 3.63) is 34.7 Å². The molecule has 2 heterocycles. The van der Waals surface area contributed by atoms with Crippen LogP contribution in [0.5, 0.6) is 0 Å². The smallest absolute Gasteiger partial charge is 0.141 e. The minimum absolute atomic E-state index is 0.358. The Kier molecular flexibility index (Phi) is 3.53. The number of H-pyrrole nitrogens is 1. The second kappa shape index (κ2) is 5.49. The molecule has 0 amide bonds. The molecule has 0 radical (unpaired) electrons. The quantitative estimate of drug-likeness (QED) is 0.691. The van der Waals surface area contributed by atoms with Gasteiger partial charge in [-0.3, -0.25) is 0 Å². The molecule has 3 rings (SSSR count). The Bertz CT molecular complexity index is 674. The second-order valence-electron chi connectivity index (χ2n) is 5.59. The lowest BCUT2D eigenvalue weighted by Gasteiger charge is -2.27. The van der Waals surface area contributed by atoms with Crippen LogP contribution in [-0.2, 0) is 0 Å². The molecule has 0 aromatic carbocycles. The highest BCUT2D eigenvalue weighted by Crippen LogP contribution is 2.36. The van der Waals surface area contributed by atoms with Crippen LogP contribution in [0.2, 0.25) is 0 Å². The Morgan fingerprint density at radius 1 is 1.43 bits per heavy atom. The van der Waals surface area contributed by atoms with E-state index in [9.17, 15) is 0 Å². The van der Waals surface area contributed by atoms with Crippen molar-refractivity contribution in [3.63, 3.8) is 0 Å². The average molecular weight is 281 g/mol. The molecule has 108 valence electrons. The molecule has 2 aliphatic rings. The van der Waals surface area contributed by atoms with E-state index in [0.717, 1.165) is 54.0 Å². The molecule has 1 aromatic rings. The SMILES string of the molecule is CC(C#N)=C1CCC(/C(N)=C2/NC=Nc3[nH]ccc32)CC1. The van der Waals surface area contributed by atoms with Gasteiger partial charge < -0.3 is 16.0 Å². The average Bonchev–Trinajstić information content (AvgIpc) is 3.02. The summed E-state index contributed by atoms with van der Waals surface area (Å²) in [4.78, 5) is 7.36. The van der Waals surface area contributed by atoms with Crippen molar-refractivity contribution >= 4 is 17.9 Å². The molecule has 0 unspecified atom stereocenters. The van der Waals surface area contributed by atoms with E-state index in [2.05, 4.69) is 21.4 Å². The summed E-state index contributed by atoms with van der Waals surface area (Å²) in [7, 11) is 0. The highest BCUT2D eigenvalue weighted by Gasteiger charge is 2.24. The zero-order chi connectivity index (χ0) is 14.8. The van der Waals surface area contributed by atoms with Crippen LogP contribution in [0, 0.1) is 17.2 Å². The van der Waals surface area contributed by atoms with Gasteiger partial charge in [0.1, 0.15) is 5.82 Å². The Balaban J connectivity index is 1.82. The van der Waals surface area contributed by atoms with E-state index in [-0.39, 0.29) is 0 Å². The van der Waals surface area contributed by atoms with Crippen molar-refractivity contribution in [1.82, 2.24) is 10.3 Å². The molecule has 0 spiro atoms. The van der Waals surface area contributed by atoms with Crippen molar-refractivity contribution in [2.24, 2.45) is 16.6 Å². The van der Waals surface area contributed by atoms with Gasteiger partial charge in [-0.25, -0.2) is 4.99 Å². The summed E-state index contributed by atoms with van der Waals surface area (Å²) in [6, 6.07) is 4.25. The Morgan fingerprint density at radius 3 is 2.90 bits per heavy atom. The zero-order valence-corrected chi connectivity index (χ0v) is 12.1. The maximum atomic E-state index is 8.98. The number of aromatic nitrogens is 1. The normalized spacial score (nSPS) is 23.0. The Hall–Kier alpha value is -2.48. The van der Waals surface area contributed by atoms with Crippen LogP contribution in [-0.4, -0.2) is 11.3 Å². The van der Waals surface area contributed by atoms with Gasteiger partial charge in [-0.05, 0) is 38.7 Å². The van der Waals surface area contributed by atoms with Gasteiger partial charge in [-0.15, -0.1) is 0 Å². The van der Waals surface area contributed by atoms with E-state index in [1.165, 1.54) is 5.57 Å². The predicted octanol–water partition coefficient (Wildman–Crippen LogP) is 2.94. The summed E-state index contributed by atoms with van der Waals surface area (Å²) in [5, 5.41) is 12.2. The molecule has 5 nitrogen and oxygen atoms in total. The number of fused-ring (bicyclic) bond motifs is 1. The number of allylic oxidation sites excluding steroid dienone is 3. The maximum Gasteiger partial charge on any atom is 0.141 e. The summed E-state index contributed by atoms with van der Waals surface area (Å²) in [5.41, 5.74) is 11.5. The molecule has 1 aromatic heterocycles. The molecule has 0 bridgehead atoms. The lowest BCUT2D eigenvalue weighted by molar-refractivity contribution is 0.460. The third-order valence-electron chi connectivity index (χ3n) is 4.41. The highest BCUT2D eigenvalue weighted by atomic mass is 15.0. The first-order valence-electron chi connectivity index (χ1n) is 7.26. The summed E-state index contributed by atoms with van der Waals surface area (Å²) < 4.78 is 0. The van der Waals surface area contributed by atoms with Crippen LogP contribution >= 0.6 is 0 Å². The van der Waals surface area contributed by atoms with Crippen molar-refractivity contribution in [3.8, 4) is 6.07 Å². The van der Waals surface area contributed by atoms with Crippen molar-refractivity contribution in [1.29, 1.82) is 5.26 Å². The second-order valence-corrected chi connectivity index (χ2v) is 5.59. The molecule has 1 aliphatic carbocycles. The van der Waals surface area contributed by atoms with Gasteiger partial charge in [0.05, 0.1) is 18.1 Å². The zero-order valence-electron chi connectivity index (χ0n) is 12.1. The molecular formula is C16H19N5. The molecular weight excluding hydrogens is 262 g/mol. The molecule has 4 N–H and O–H groups in total. The molecule has 0 atom stereocenters. The van der Waals surface area contributed by atoms with Gasteiger partial charge in [-0.2, -0.15) is 5.26 Å². The van der Waals surface area contributed by atoms with Gasteiger partial charge in [0.25, 0.3) is 0 Å². The molecule has 5 heteroatoms. The fourth-order valence-corrected chi connectivity index (χ4v) is 3.08. The number of aromatic amines is 1. The number of nitrogens with zero attached hydrogens (tertiary/aromatic N) is 2. The van der Waals surface area contributed by atoms with E-state index >= 15 is 0 Å². The van der Waals surface area contributed by atoms with Crippen molar-refractivity contribution in [2.45, 2.75) is 32.6 Å². The Labute approximate surface area is 124 Å². The standard InChI is InChI=1S/C16H19N5/c1-10(8-17)11-2-4-12(5-3-11)14(18)15-13-6-7-19-16(13)21-9-20-15/h6-7,9,12,19H,2-5,18H2,1H3,(H,20,21)/b11-10?,15-14-. The number of nitrogens with one attached hydrogen (secondary N) is 2. The molecule has 1 fully saturated rings. The summed E-state index contributed by atoms with van der Waals surface area (Å²) in [6.45, 7) is 1.91. The summed E-state index contributed by atoms with van der Waals surface area (Å²) in [6.07, 6.45) is 7.48. The largest absolute Gasteiger partial charge is 0.400 e. The van der Waals surface area contributed by atoms with E-state index < -0.39 is 0 Å². The lowest BCUT2D eigenvalue weighted by atomic mass is 9.81. The number of hydrogen-bond acceptors (Lipinski definition) is 4. The Morgan fingerprint density at radius 2 is 2.19 bits per heavy atom. The van der Waals surface area contributed by atoms with Gasteiger partial charge in [0, 0.05) is 28.9 Å². The van der Waals surface area contributed by atoms with Gasteiger partial charge in [0.15, 0.2) is 0 Å². The summed E-state index contributed by atoms with van der Waals surface area (Å²) >= 11 is 0. The number of nitrogens with two attached hydrogens (primary N) is 1. The van der Waals surface area contributed by atoms with E-state index in [4.69, 9.17) is 11.0 Å². The minimum atomic E-state index is 0.358. The number of aliphatic imine (C=N–C) groups is 1. The fraction of sp³-hybridized carbons (Fsp3) is 0.375. The van der Waals surface area contributed by atoms with Crippen LogP contribution in [0.25, 0.3) is 5.70 Å². The monoisotopic (exact) mass is 281 g/mol. The first kappa shape index (κ1) is 13.5. The van der Waals surface area contributed by atoms with Crippen molar-refractivity contribution in [2.75, 3.05) is 0 Å². The molecule has 1 aliphatic heterocycles. The third kappa shape index (κ3) is 2.45. The van der Waals surface area contributed by atoms with Crippen LogP contribution in [0.15, 0.2) is 34.1 Å². The number of hydrogen-bond donors (Lipinski definition) is 3. The topological polar surface area (TPSA) is 90.0 Å². The van der Waals surface area contributed by atoms with Gasteiger partial charge in [-0.1, -0.05) is 5.57 Å². The van der Waals surface area contributed by atoms with Crippen LogP contribution in [0.4, 0.5) is 5.82 Å². The molecule has 0 saturated heterocycles. The van der Waals surface area contributed by atoms with Gasteiger partial charge in [0.2, 0.25) is 0 Å². The first-order valence-corrected chi connectivity index (χ1v) is 7.26. The summed E-state index contributed by atoms with van der Waals surface area (Å²) in [5.74, 6) is 1.21. The maximum absolute atomic E-state index is 8.98. The highest BCUT2D eigenvalue weighted by molar-refractivity contribution is 5.87. The van der Waals surface area contributed by atoms with E-state index in [1.54, 1.807) is 6.34 Å². The third-order valence-corrected chi connectivity index (χ3v) is 4.41. The molecule has 21 heavy (non-hydrogen) atoms. The first-order chi connectivity index (χ1) is 10.2. The van der Waals surface area contributed by atoms with Crippen LogP contribution in [0.3, 0.4) is 0 Å². The van der Waals surface area contributed by atoms with E-state index in [1.807, 2.05) is 19.2 Å². The molecule has 1 saturated carbocycles. The minimum Gasteiger partial charge on any atom is -0.400 e. The van der Waals surface area contributed by atoms with Gasteiger partial charge >= 0.3 is 0 Å². The van der Waals surface area contributed by atoms with Crippen molar-refractivity contribution < 1.29 is 0 Å². The number of nitriles is 1. The van der Waals surface area contributed by atoms with Crippen LogP contribution in [0.1, 0.15) is 38.2 Å². The predicted molar refractivity (Wildman–Crippen MR) is 83.5 cm³/mol.